The maximum Gasteiger partial charge on any atom is 0.117 e. The Morgan fingerprint density at radius 3 is 1.32 bits per heavy atom. The minimum absolute atomic E-state index is 0.308. The first-order valence-electron chi connectivity index (χ1n) is 13.7. The number of benzene rings is 4. The minimum Gasteiger partial charge on any atom is -0.386 e. The van der Waals surface area contributed by atoms with Gasteiger partial charge in [0.05, 0.1) is 33.0 Å². The number of rotatable bonds is 13. The van der Waals surface area contributed by atoms with E-state index in [-0.39, 0.29) is 0 Å². The summed E-state index contributed by atoms with van der Waals surface area (Å²) in [5.74, 6) is 0. The lowest BCUT2D eigenvalue weighted by atomic mass is 9.89. The summed E-state index contributed by atoms with van der Waals surface area (Å²) in [5.41, 5.74) is 5.05. The van der Waals surface area contributed by atoms with E-state index in [0.29, 0.717) is 33.0 Å². The first-order valence-corrected chi connectivity index (χ1v) is 13.7. The van der Waals surface area contributed by atoms with Crippen LogP contribution in [0.25, 0.3) is 0 Å². The summed E-state index contributed by atoms with van der Waals surface area (Å²) < 4.78 is 25.5. The van der Waals surface area contributed by atoms with Gasteiger partial charge in [-0.15, -0.1) is 0 Å². The van der Waals surface area contributed by atoms with Gasteiger partial charge in [0.1, 0.15) is 24.4 Å². The zero-order valence-electron chi connectivity index (χ0n) is 22.5. The average molecular weight is 537 g/mol. The van der Waals surface area contributed by atoms with Crippen molar-refractivity contribution in [3.05, 3.63) is 155 Å². The number of ether oxygens (including phenoxy) is 4. The highest BCUT2D eigenvalue weighted by Crippen LogP contribution is 2.30. The second-order valence-corrected chi connectivity index (χ2v) is 9.95. The summed E-state index contributed by atoms with van der Waals surface area (Å²) in [6.45, 7) is 1.89. The lowest BCUT2D eigenvalue weighted by Crippen LogP contribution is -2.52. The summed E-state index contributed by atoms with van der Waals surface area (Å²) in [5, 5.41) is 11.3. The average Bonchev–Trinajstić information content (AvgIpc) is 3.01. The van der Waals surface area contributed by atoms with Crippen LogP contribution in [0.3, 0.4) is 0 Å². The van der Waals surface area contributed by atoms with Gasteiger partial charge in [0.15, 0.2) is 0 Å². The molecule has 0 saturated heterocycles. The summed E-state index contributed by atoms with van der Waals surface area (Å²) in [4.78, 5) is 0. The molecule has 0 aliphatic heterocycles. The molecule has 0 amide bonds. The van der Waals surface area contributed by atoms with Gasteiger partial charge in [-0.2, -0.15) is 0 Å². The highest BCUT2D eigenvalue weighted by atomic mass is 16.6. The van der Waals surface area contributed by atoms with Crippen molar-refractivity contribution in [2.75, 3.05) is 6.61 Å². The molecule has 0 unspecified atom stereocenters. The Hall–Kier alpha value is -3.58. The van der Waals surface area contributed by atoms with Crippen molar-refractivity contribution in [2.24, 2.45) is 0 Å². The van der Waals surface area contributed by atoms with Crippen molar-refractivity contribution in [3.8, 4) is 0 Å². The van der Waals surface area contributed by atoms with Crippen LogP contribution in [0.15, 0.2) is 133 Å². The van der Waals surface area contributed by atoms with Crippen molar-refractivity contribution < 1.29 is 24.1 Å². The molecule has 4 aromatic carbocycles. The fraction of sp³-hybridized carbons (Fsp3) is 0.257. The van der Waals surface area contributed by atoms with E-state index in [0.717, 1.165) is 27.8 Å². The van der Waals surface area contributed by atoms with Gasteiger partial charge in [-0.05, 0) is 33.9 Å². The third-order valence-electron chi connectivity index (χ3n) is 6.93. The van der Waals surface area contributed by atoms with Gasteiger partial charge in [0.25, 0.3) is 0 Å². The number of aliphatic hydroxyl groups is 1. The molecule has 5 nitrogen and oxygen atoms in total. The highest BCUT2D eigenvalue weighted by Gasteiger charge is 2.42. The van der Waals surface area contributed by atoms with Gasteiger partial charge in [-0.1, -0.05) is 121 Å². The summed E-state index contributed by atoms with van der Waals surface area (Å²) in [6, 6.07) is 40.1. The van der Waals surface area contributed by atoms with Crippen LogP contribution >= 0.6 is 0 Å². The maximum absolute atomic E-state index is 11.3. The van der Waals surface area contributed by atoms with E-state index < -0.39 is 24.4 Å². The Morgan fingerprint density at radius 1 is 0.450 bits per heavy atom. The van der Waals surface area contributed by atoms with Crippen molar-refractivity contribution >= 4 is 0 Å². The number of hydrogen-bond acceptors (Lipinski definition) is 5. The standard InChI is InChI=1S/C35H36O5/c36-32-21-31(26-37-22-27-13-5-1-6-14-27)33(38-23-28-15-7-2-8-16-28)35(40-25-30-19-11-4-12-20-30)34(32)39-24-29-17-9-3-10-18-29/h1-21,32-36H,22-26H2/t32-,33-,34-,35-/m0/s1. The van der Waals surface area contributed by atoms with Gasteiger partial charge in [0, 0.05) is 0 Å². The monoisotopic (exact) mass is 536 g/mol. The van der Waals surface area contributed by atoms with Crippen LogP contribution in [-0.4, -0.2) is 36.1 Å². The molecular weight excluding hydrogens is 500 g/mol. The van der Waals surface area contributed by atoms with Gasteiger partial charge in [0.2, 0.25) is 0 Å². The highest BCUT2D eigenvalue weighted by molar-refractivity contribution is 5.24. The first kappa shape index (κ1) is 28.0. The van der Waals surface area contributed by atoms with Crippen LogP contribution < -0.4 is 0 Å². The van der Waals surface area contributed by atoms with Gasteiger partial charge in [-0.25, -0.2) is 0 Å². The lowest BCUT2D eigenvalue weighted by molar-refractivity contribution is -0.173. The molecule has 0 saturated carbocycles. The zero-order valence-corrected chi connectivity index (χ0v) is 22.5. The molecule has 40 heavy (non-hydrogen) atoms. The fourth-order valence-corrected chi connectivity index (χ4v) is 4.85. The first-order chi connectivity index (χ1) is 19.8. The van der Waals surface area contributed by atoms with Crippen LogP contribution in [0.4, 0.5) is 0 Å². The Kier molecular flexibility index (Phi) is 10.3. The van der Waals surface area contributed by atoms with Crippen LogP contribution in [0.5, 0.6) is 0 Å². The molecule has 206 valence electrons. The maximum atomic E-state index is 11.3. The van der Waals surface area contributed by atoms with Gasteiger partial charge in [-0.3, -0.25) is 0 Å². The second kappa shape index (κ2) is 14.7. The quantitative estimate of drug-likeness (QED) is 0.204. The van der Waals surface area contributed by atoms with Crippen LogP contribution in [0, 0.1) is 0 Å². The smallest absolute Gasteiger partial charge is 0.117 e. The van der Waals surface area contributed by atoms with E-state index in [1.54, 1.807) is 0 Å². The van der Waals surface area contributed by atoms with Gasteiger partial charge >= 0.3 is 0 Å². The molecule has 4 aromatic rings. The summed E-state index contributed by atoms with van der Waals surface area (Å²) in [6.07, 6.45) is -0.704. The topological polar surface area (TPSA) is 57.2 Å². The number of aliphatic hydroxyl groups excluding tert-OH is 1. The Balaban J connectivity index is 1.38. The van der Waals surface area contributed by atoms with E-state index in [2.05, 4.69) is 0 Å². The predicted molar refractivity (Wildman–Crippen MR) is 155 cm³/mol. The molecule has 1 aliphatic carbocycles. The normalized spacial score (nSPS) is 20.7. The minimum atomic E-state index is -0.878. The van der Waals surface area contributed by atoms with Crippen molar-refractivity contribution in [1.29, 1.82) is 0 Å². The molecule has 5 rings (SSSR count). The molecule has 0 radical (unpaired) electrons. The van der Waals surface area contributed by atoms with E-state index in [4.69, 9.17) is 18.9 Å². The number of hydrogen-bond donors (Lipinski definition) is 1. The Bertz CT molecular complexity index is 1290. The largest absolute Gasteiger partial charge is 0.386 e. The molecule has 0 spiro atoms. The SMILES string of the molecule is O[C@H]1C=C(COCc2ccccc2)[C@H](OCc2ccccc2)[C@H](OCc2ccccc2)[C@H]1OCc1ccccc1. The van der Waals surface area contributed by atoms with Crippen LogP contribution in [0.2, 0.25) is 0 Å². The van der Waals surface area contributed by atoms with E-state index in [1.807, 2.05) is 127 Å². The molecular formula is C35H36O5. The van der Waals surface area contributed by atoms with Crippen LogP contribution in [0.1, 0.15) is 22.3 Å². The predicted octanol–water partition coefficient (Wildman–Crippen LogP) is 6.26. The molecule has 5 heteroatoms. The molecule has 1 aliphatic rings. The van der Waals surface area contributed by atoms with Crippen molar-refractivity contribution in [3.63, 3.8) is 0 Å². The Morgan fingerprint density at radius 2 is 0.850 bits per heavy atom. The summed E-state index contributed by atoms with van der Waals surface area (Å²) >= 11 is 0. The third kappa shape index (κ3) is 7.98. The zero-order chi connectivity index (χ0) is 27.4. The molecule has 0 bridgehead atoms. The summed E-state index contributed by atoms with van der Waals surface area (Å²) in [7, 11) is 0. The lowest BCUT2D eigenvalue weighted by Gasteiger charge is -2.40. The fourth-order valence-electron chi connectivity index (χ4n) is 4.85. The molecule has 0 fully saturated rings. The van der Waals surface area contributed by atoms with E-state index >= 15 is 0 Å². The van der Waals surface area contributed by atoms with Gasteiger partial charge < -0.3 is 24.1 Å². The molecule has 0 aromatic heterocycles. The van der Waals surface area contributed by atoms with Crippen molar-refractivity contribution in [1.82, 2.24) is 0 Å². The van der Waals surface area contributed by atoms with Crippen molar-refractivity contribution in [2.45, 2.75) is 50.8 Å². The third-order valence-corrected chi connectivity index (χ3v) is 6.93. The second-order valence-electron chi connectivity index (χ2n) is 9.95. The Labute approximate surface area is 236 Å². The molecule has 0 heterocycles. The van der Waals surface area contributed by atoms with Crippen LogP contribution in [-0.2, 0) is 45.4 Å². The van der Waals surface area contributed by atoms with E-state index in [1.165, 1.54) is 0 Å². The molecule has 1 N–H and O–H groups in total. The molecule has 4 atom stereocenters. The van der Waals surface area contributed by atoms with E-state index in [9.17, 15) is 5.11 Å².